The molecule has 100 valence electrons. The fraction of sp³-hybridized carbons (Fsp3) is 0.562. The number of carboxylic acids is 1. The molecule has 0 spiro atoms. The summed E-state index contributed by atoms with van der Waals surface area (Å²) in [6, 6.07) is 9.42. The van der Waals surface area contributed by atoms with E-state index in [9.17, 15) is 9.90 Å². The fourth-order valence-electron chi connectivity index (χ4n) is 2.25. The first-order valence-corrected chi connectivity index (χ1v) is 6.88. The van der Waals surface area contributed by atoms with Crippen LogP contribution in [0.3, 0.4) is 0 Å². The zero-order valence-corrected chi connectivity index (χ0v) is 15.6. The molecule has 1 aromatic carbocycles. The van der Waals surface area contributed by atoms with E-state index in [1.165, 1.54) is 19.3 Å². The van der Waals surface area contributed by atoms with Crippen molar-refractivity contribution in [2.45, 2.75) is 57.8 Å². The van der Waals surface area contributed by atoms with Gasteiger partial charge in [0.1, 0.15) is 0 Å². The topological polar surface area (TPSA) is 40.1 Å². The van der Waals surface area contributed by atoms with E-state index < -0.39 is 11.4 Å². The van der Waals surface area contributed by atoms with Crippen LogP contribution in [0.15, 0.2) is 30.3 Å². The van der Waals surface area contributed by atoms with Gasteiger partial charge in [0.05, 0.1) is 5.97 Å². The number of hydrogen-bond acceptors (Lipinski definition) is 2. The number of hydrogen-bond donors (Lipinski definition) is 0. The fourth-order valence-corrected chi connectivity index (χ4v) is 2.25. The number of rotatable bonds is 8. The molecule has 0 aliphatic carbocycles. The third-order valence-electron chi connectivity index (χ3n) is 3.64. The molecule has 3 heteroatoms. The van der Waals surface area contributed by atoms with Gasteiger partial charge in [0, 0.05) is 5.41 Å². The zero-order valence-electron chi connectivity index (χ0n) is 12.4. The van der Waals surface area contributed by atoms with E-state index in [0.717, 1.165) is 18.4 Å². The minimum absolute atomic E-state index is 0. The number of aliphatic carboxylic acids is 1. The van der Waals surface area contributed by atoms with Gasteiger partial charge in [-0.2, -0.15) is 0 Å². The van der Waals surface area contributed by atoms with Crippen LogP contribution in [0.1, 0.15) is 57.9 Å². The summed E-state index contributed by atoms with van der Waals surface area (Å²) in [6.07, 6.45) is 6.32. The van der Waals surface area contributed by atoms with Crippen molar-refractivity contribution in [3.8, 4) is 0 Å². The van der Waals surface area contributed by atoms with Crippen LogP contribution in [0, 0.1) is 0 Å². The summed E-state index contributed by atoms with van der Waals surface area (Å²) in [5, 5.41) is 11.4. The number of carbonyl (C=O) groups is 1. The zero-order chi connectivity index (χ0) is 13.4. The molecular weight excluding hydrogens is 263 g/mol. The van der Waals surface area contributed by atoms with E-state index in [4.69, 9.17) is 0 Å². The van der Waals surface area contributed by atoms with Gasteiger partial charge >= 0.3 is 51.4 Å². The molecule has 0 N–H and O–H groups in total. The Morgan fingerprint density at radius 1 is 1.11 bits per heavy atom. The summed E-state index contributed by atoms with van der Waals surface area (Å²) in [6.45, 7) is 3.95. The Balaban J connectivity index is 0.00000324. The molecular formula is C16H23KO2. The van der Waals surface area contributed by atoms with Crippen LogP contribution in [0.5, 0.6) is 0 Å². The van der Waals surface area contributed by atoms with Crippen LogP contribution in [0.4, 0.5) is 0 Å². The third kappa shape index (κ3) is 6.09. The first-order chi connectivity index (χ1) is 8.61. The van der Waals surface area contributed by atoms with Crippen molar-refractivity contribution >= 4 is 5.97 Å². The minimum Gasteiger partial charge on any atom is -0.549 e. The van der Waals surface area contributed by atoms with Gasteiger partial charge in [-0.25, -0.2) is 0 Å². The Labute approximate surface area is 159 Å². The molecule has 0 aromatic heterocycles. The number of benzene rings is 1. The summed E-state index contributed by atoms with van der Waals surface area (Å²) in [7, 11) is 0. The summed E-state index contributed by atoms with van der Waals surface area (Å²) in [5.74, 6) is -0.968. The molecule has 0 heterocycles. The third-order valence-corrected chi connectivity index (χ3v) is 3.64. The first kappa shape index (κ1) is 19.3. The maximum absolute atomic E-state index is 11.4. The van der Waals surface area contributed by atoms with E-state index in [2.05, 4.69) is 6.92 Å². The van der Waals surface area contributed by atoms with Gasteiger partial charge in [-0.05, 0) is 12.0 Å². The number of unbranched alkanes of at least 4 members (excludes halogenated alkanes) is 4. The molecule has 0 aliphatic heterocycles. The second-order valence-electron chi connectivity index (χ2n) is 5.15. The maximum Gasteiger partial charge on any atom is 1.00 e. The van der Waals surface area contributed by atoms with E-state index in [1.807, 2.05) is 30.3 Å². The van der Waals surface area contributed by atoms with E-state index in [1.54, 1.807) is 6.92 Å². The van der Waals surface area contributed by atoms with Gasteiger partial charge in [-0.1, -0.05) is 76.3 Å². The Hall–Kier alpha value is 0.326. The summed E-state index contributed by atoms with van der Waals surface area (Å²) in [5.41, 5.74) is -0.00602. The quantitative estimate of drug-likeness (QED) is 0.501. The smallest absolute Gasteiger partial charge is 0.549 e. The summed E-state index contributed by atoms with van der Waals surface area (Å²) >= 11 is 0. The van der Waals surface area contributed by atoms with Crippen molar-refractivity contribution in [3.63, 3.8) is 0 Å². The molecule has 19 heavy (non-hydrogen) atoms. The van der Waals surface area contributed by atoms with Crippen molar-refractivity contribution in [1.82, 2.24) is 0 Å². The van der Waals surface area contributed by atoms with Crippen molar-refractivity contribution in [2.24, 2.45) is 0 Å². The van der Waals surface area contributed by atoms with Crippen molar-refractivity contribution in [2.75, 3.05) is 0 Å². The standard InChI is InChI=1S/C16H24O2.K/c1-3-4-5-6-10-13-16(2,15(17)18)14-11-8-7-9-12-14;/h7-9,11-12H,3-6,10,13H2,1-2H3,(H,17,18);/q;+1/p-1. The van der Waals surface area contributed by atoms with Crippen LogP contribution >= 0.6 is 0 Å². The van der Waals surface area contributed by atoms with Crippen LogP contribution in [0.2, 0.25) is 0 Å². The second-order valence-corrected chi connectivity index (χ2v) is 5.15. The van der Waals surface area contributed by atoms with Gasteiger partial charge in [0.2, 0.25) is 0 Å². The molecule has 0 amide bonds. The average molecular weight is 286 g/mol. The molecule has 2 nitrogen and oxygen atoms in total. The summed E-state index contributed by atoms with van der Waals surface area (Å²) < 4.78 is 0. The molecule has 0 radical (unpaired) electrons. The normalized spacial score (nSPS) is 13.4. The molecule has 0 saturated carbocycles. The molecule has 0 aliphatic rings. The van der Waals surface area contributed by atoms with Crippen molar-refractivity contribution in [1.29, 1.82) is 0 Å². The van der Waals surface area contributed by atoms with Gasteiger partial charge < -0.3 is 9.90 Å². The number of carboxylic acid groups (broad SMARTS) is 1. The Kier molecular flexibility index (Phi) is 10.3. The maximum atomic E-state index is 11.4. The molecule has 0 fully saturated rings. The van der Waals surface area contributed by atoms with Crippen LogP contribution in [0.25, 0.3) is 0 Å². The van der Waals surface area contributed by atoms with Gasteiger partial charge in [-0.3, -0.25) is 0 Å². The van der Waals surface area contributed by atoms with Crippen LogP contribution in [-0.2, 0) is 10.2 Å². The molecule has 1 aromatic rings. The van der Waals surface area contributed by atoms with E-state index >= 15 is 0 Å². The monoisotopic (exact) mass is 286 g/mol. The predicted octanol–water partition coefficient (Wildman–Crippen LogP) is 0.0587. The summed E-state index contributed by atoms with van der Waals surface area (Å²) in [4.78, 5) is 11.4. The predicted molar refractivity (Wildman–Crippen MR) is 72.2 cm³/mol. The van der Waals surface area contributed by atoms with Crippen LogP contribution in [-0.4, -0.2) is 5.97 Å². The molecule has 1 atom stereocenters. The number of carbonyl (C=O) groups excluding carboxylic acids is 1. The molecule has 1 rings (SSSR count). The van der Waals surface area contributed by atoms with E-state index in [-0.39, 0.29) is 51.4 Å². The van der Waals surface area contributed by atoms with Crippen molar-refractivity contribution in [3.05, 3.63) is 35.9 Å². The molecule has 0 bridgehead atoms. The Bertz CT molecular complexity index is 364. The second kappa shape index (κ2) is 10.1. The largest absolute Gasteiger partial charge is 1.00 e. The Morgan fingerprint density at radius 3 is 2.21 bits per heavy atom. The molecule has 0 saturated heterocycles. The van der Waals surface area contributed by atoms with Crippen LogP contribution < -0.4 is 56.5 Å². The average Bonchev–Trinajstić information content (AvgIpc) is 2.39. The van der Waals surface area contributed by atoms with Gasteiger partial charge in [-0.15, -0.1) is 0 Å². The van der Waals surface area contributed by atoms with Gasteiger partial charge in [0.25, 0.3) is 0 Å². The minimum atomic E-state index is -0.968. The van der Waals surface area contributed by atoms with E-state index in [0.29, 0.717) is 6.42 Å². The first-order valence-electron chi connectivity index (χ1n) is 6.88. The van der Waals surface area contributed by atoms with Gasteiger partial charge in [0.15, 0.2) is 0 Å². The SMILES string of the molecule is CCCCCCCC(C)(C(=O)[O-])c1ccccc1.[K+]. The Morgan fingerprint density at radius 2 is 1.68 bits per heavy atom. The molecule has 1 unspecified atom stereocenters. The van der Waals surface area contributed by atoms with Crippen molar-refractivity contribution < 1.29 is 61.3 Å².